The lowest BCUT2D eigenvalue weighted by molar-refractivity contribution is -0.138. The molecule has 0 saturated carbocycles. The van der Waals surface area contributed by atoms with Gasteiger partial charge in [0, 0.05) is 5.70 Å². The van der Waals surface area contributed by atoms with Crippen molar-refractivity contribution in [2.75, 3.05) is 6.61 Å². The Hall–Kier alpha value is -2.63. The van der Waals surface area contributed by atoms with Gasteiger partial charge in [0.05, 0.1) is 11.6 Å². The Labute approximate surface area is 121 Å². The van der Waals surface area contributed by atoms with Crippen molar-refractivity contribution in [2.45, 2.75) is 13.0 Å². The van der Waals surface area contributed by atoms with Gasteiger partial charge in [-0.2, -0.15) is 0 Å². The number of urea groups is 1. The third-order valence-corrected chi connectivity index (χ3v) is 3.00. The predicted molar refractivity (Wildman–Crippen MR) is 74.7 cm³/mol. The smallest absolute Gasteiger partial charge is 0.338 e. The van der Waals surface area contributed by atoms with E-state index >= 15 is 0 Å². The summed E-state index contributed by atoms with van der Waals surface area (Å²) in [6, 6.07) is 4.49. The summed E-state index contributed by atoms with van der Waals surface area (Å²) in [5, 5.41) is 5.11. The van der Waals surface area contributed by atoms with Gasteiger partial charge in [0.2, 0.25) is 0 Å². The molecular formula is C15H15FN2O3. The van der Waals surface area contributed by atoms with E-state index < -0.39 is 23.9 Å². The Morgan fingerprint density at radius 1 is 1.52 bits per heavy atom. The third-order valence-electron chi connectivity index (χ3n) is 3.00. The molecule has 0 radical (unpaired) electrons. The predicted octanol–water partition coefficient (Wildman–Crippen LogP) is 2.18. The van der Waals surface area contributed by atoms with E-state index in [9.17, 15) is 14.0 Å². The minimum atomic E-state index is -0.758. The van der Waals surface area contributed by atoms with E-state index in [0.29, 0.717) is 11.3 Å². The topological polar surface area (TPSA) is 67.4 Å². The Balaban J connectivity index is 2.40. The van der Waals surface area contributed by atoms with Crippen LogP contribution in [0.15, 0.2) is 48.2 Å². The zero-order valence-electron chi connectivity index (χ0n) is 11.5. The molecule has 0 fully saturated rings. The Morgan fingerprint density at radius 2 is 2.29 bits per heavy atom. The van der Waals surface area contributed by atoms with Gasteiger partial charge in [-0.3, -0.25) is 0 Å². The second-order valence-corrected chi connectivity index (χ2v) is 4.51. The van der Waals surface area contributed by atoms with Crippen LogP contribution in [0.25, 0.3) is 0 Å². The van der Waals surface area contributed by atoms with Gasteiger partial charge < -0.3 is 15.4 Å². The molecule has 5 nitrogen and oxygen atoms in total. The van der Waals surface area contributed by atoms with E-state index in [0.717, 1.165) is 0 Å². The first-order valence-electron chi connectivity index (χ1n) is 6.34. The minimum absolute atomic E-state index is 0.0550. The highest BCUT2D eigenvalue weighted by Gasteiger charge is 2.32. The second-order valence-electron chi connectivity index (χ2n) is 4.51. The zero-order chi connectivity index (χ0) is 15.4. The number of benzene rings is 1. The molecule has 6 heteroatoms. The van der Waals surface area contributed by atoms with Crippen molar-refractivity contribution in [1.29, 1.82) is 0 Å². The summed E-state index contributed by atoms with van der Waals surface area (Å²) in [5.74, 6) is -1.04. The van der Waals surface area contributed by atoms with Crippen LogP contribution < -0.4 is 10.6 Å². The monoisotopic (exact) mass is 290 g/mol. The fourth-order valence-electron chi connectivity index (χ4n) is 2.11. The molecule has 0 saturated heterocycles. The first-order valence-corrected chi connectivity index (χ1v) is 6.34. The van der Waals surface area contributed by atoms with Crippen LogP contribution >= 0.6 is 0 Å². The molecule has 0 aliphatic carbocycles. The molecule has 0 aromatic heterocycles. The minimum Gasteiger partial charge on any atom is -0.458 e. The van der Waals surface area contributed by atoms with E-state index in [-0.39, 0.29) is 12.2 Å². The summed E-state index contributed by atoms with van der Waals surface area (Å²) in [6.45, 7) is 5.12. The Morgan fingerprint density at radius 3 is 2.95 bits per heavy atom. The van der Waals surface area contributed by atoms with E-state index in [1.807, 2.05) is 0 Å². The summed E-state index contributed by atoms with van der Waals surface area (Å²) in [5.41, 5.74) is 1.08. The largest absolute Gasteiger partial charge is 0.458 e. The fourth-order valence-corrected chi connectivity index (χ4v) is 2.11. The molecule has 1 aromatic rings. The molecule has 1 aliphatic rings. The fraction of sp³-hybridized carbons (Fsp3) is 0.200. The van der Waals surface area contributed by atoms with Crippen LogP contribution in [-0.4, -0.2) is 18.6 Å². The number of rotatable bonds is 4. The molecule has 1 aromatic carbocycles. The number of carbonyl (C=O) groups is 2. The number of allylic oxidation sites excluding steroid dienone is 1. The van der Waals surface area contributed by atoms with Gasteiger partial charge in [0.15, 0.2) is 0 Å². The van der Waals surface area contributed by atoms with E-state index in [4.69, 9.17) is 4.74 Å². The summed E-state index contributed by atoms with van der Waals surface area (Å²) in [6.07, 6.45) is 1.44. The Bertz CT molecular complexity index is 625. The first-order chi connectivity index (χ1) is 10.0. The lowest BCUT2D eigenvalue weighted by Crippen LogP contribution is -2.45. The van der Waals surface area contributed by atoms with Crippen LogP contribution in [0.4, 0.5) is 9.18 Å². The van der Waals surface area contributed by atoms with Crippen LogP contribution in [0.1, 0.15) is 18.5 Å². The average molecular weight is 290 g/mol. The maximum Gasteiger partial charge on any atom is 0.338 e. The third kappa shape index (κ3) is 3.28. The summed E-state index contributed by atoms with van der Waals surface area (Å²) >= 11 is 0. The lowest BCUT2D eigenvalue weighted by atomic mass is 9.95. The SMILES string of the molecule is C=CCOC(=O)C1=C(C)NC(=O)NC1c1cccc(F)c1. The summed E-state index contributed by atoms with van der Waals surface area (Å²) < 4.78 is 18.4. The molecule has 1 atom stereocenters. The highest BCUT2D eigenvalue weighted by atomic mass is 19.1. The number of nitrogens with one attached hydrogen (secondary N) is 2. The summed E-state index contributed by atoms with van der Waals surface area (Å²) in [7, 11) is 0. The van der Waals surface area contributed by atoms with Crippen molar-refractivity contribution < 1.29 is 18.7 Å². The van der Waals surface area contributed by atoms with Crippen LogP contribution in [-0.2, 0) is 9.53 Å². The maximum absolute atomic E-state index is 13.4. The van der Waals surface area contributed by atoms with E-state index in [1.54, 1.807) is 13.0 Å². The van der Waals surface area contributed by atoms with E-state index in [2.05, 4.69) is 17.2 Å². The van der Waals surface area contributed by atoms with Crippen molar-refractivity contribution in [2.24, 2.45) is 0 Å². The Kier molecular flexibility index (Phi) is 4.37. The van der Waals surface area contributed by atoms with Crippen molar-refractivity contribution in [3.05, 3.63) is 59.6 Å². The van der Waals surface area contributed by atoms with Crippen LogP contribution in [0, 0.1) is 5.82 Å². The van der Waals surface area contributed by atoms with Crippen molar-refractivity contribution in [3.8, 4) is 0 Å². The molecule has 1 heterocycles. The molecule has 1 aliphatic heterocycles. The molecular weight excluding hydrogens is 275 g/mol. The first kappa shape index (κ1) is 14.8. The number of halogens is 1. The molecule has 2 rings (SSSR count). The number of hydrogen-bond acceptors (Lipinski definition) is 3. The van der Waals surface area contributed by atoms with Gasteiger partial charge in [0.1, 0.15) is 12.4 Å². The standard InChI is InChI=1S/C15H15FN2O3/c1-3-7-21-14(19)12-9(2)17-15(20)18-13(12)10-5-4-6-11(16)8-10/h3-6,8,13H,1,7H2,2H3,(H2,17,18,20). The molecule has 110 valence electrons. The van der Waals surface area contributed by atoms with Crippen LogP contribution in [0.2, 0.25) is 0 Å². The van der Waals surface area contributed by atoms with E-state index in [1.165, 1.54) is 24.3 Å². The van der Waals surface area contributed by atoms with Crippen LogP contribution in [0.5, 0.6) is 0 Å². The van der Waals surface area contributed by atoms with Gasteiger partial charge in [0.25, 0.3) is 0 Å². The number of esters is 1. The van der Waals surface area contributed by atoms with Gasteiger partial charge in [-0.1, -0.05) is 24.8 Å². The molecule has 2 N–H and O–H groups in total. The van der Waals surface area contributed by atoms with Gasteiger partial charge in [-0.05, 0) is 24.6 Å². The number of hydrogen-bond donors (Lipinski definition) is 2. The quantitative estimate of drug-likeness (QED) is 0.660. The molecule has 0 spiro atoms. The van der Waals surface area contributed by atoms with Crippen molar-refractivity contribution in [3.63, 3.8) is 0 Å². The molecule has 0 bridgehead atoms. The normalized spacial score (nSPS) is 17.8. The highest BCUT2D eigenvalue weighted by Crippen LogP contribution is 2.27. The molecule has 1 unspecified atom stereocenters. The number of carbonyl (C=O) groups excluding carboxylic acids is 2. The zero-order valence-corrected chi connectivity index (χ0v) is 11.5. The van der Waals surface area contributed by atoms with Crippen molar-refractivity contribution in [1.82, 2.24) is 10.6 Å². The highest BCUT2D eigenvalue weighted by molar-refractivity contribution is 5.95. The number of amides is 2. The van der Waals surface area contributed by atoms with Gasteiger partial charge >= 0.3 is 12.0 Å². The average Bonchev–Trinajstić information content (AvgIpc) is 2.44. The lowest BCUT2D eigenvalue weighted by Gasteiger charge is -2.28. The van der Waals surface area contributed by atoms with Crippen molar-refractivity contribution >= 4 is 12.0 Å². The number of ether oxygens (including phenoxy) is 1. The van der Waals surface area contributed by atoms with Gasteiger partial charge in [-0.25, -0.2) is 14.0 Å². The second kappa shape index (κ2) is 6.21. The maximum atomic E-state index is 13.4. The van der Waals surface area contributed by atoms with Gasteiger partial charge in [-0.15, -0.1) is 0 Å². The van der Waals surface area contributed by atoms with Crippen LogP contribution in [0.3, 0.4) is 0 Å². The molecule has 21 heavy (non-hydrogen) atoms. The summed E-state index contributed by atoms with van der Waals surface area (Å²) in [4.78, 5) is 23.7. The molecule has 2 amide bonds.